The fraction of sp³-hybridized carbons (Fsp3) is 1.00. The Labute approximate surface area is 54.3 Å². The maximum Gasteiger partial charge on any atom is 0.212 e. The summed E-state index contributed by atoms with van der Waals surface area (Å²) in [5.41, 5.74) is 5.35. The van der Waals surface area contributed by atoms with Gasteiger partial charge in [0.1, 0.15) is 0 Å². The fourth-order valence-corrected chi connectivity index (χ4v) is 1.91. The highest BCUT2D eigenvalue weighted by Crippen LogP contribution is 2.22. The van der Waals surface area contributed by atoms with Crippen molar-refractivity contribution in [2.45, 2.75) is 24.1 Å². The van der Waals surface area contributed by atoms with Crippen molar-refractivity contribution in [3.8, 4) is 0 Å². The van der Waals surface area contributed by atoms with Crippen molar-refractivity contribution in [2.24, 2.45) is 10.9 Å². The van der Waals surface area contributed by atoms with Crippen LogP contribution in [0.5, 0.6) is 0 Å². The monoisotopic (exact) mass is 150 g/mol. The first-order chi connectivity index (χ1) is 4.00. The van der Waals surface area contributed by atoms with Crippen LogP contribution in [-0.4, -0.2) is 19.7 Å². The minimum Gasteiger partial charge on any atom is -0.328 e. The molecule has 0 aromatic rings. The van der Waals surface area contributed by atoms with E-state index in [0.717, 1.165) is 0 Å². The van der Waals surface area contributed by atoms with E-state index >= 15 is 0 Å². The smallest absolute Gasteiger partial charge is 0.212 e. The second-order valence-electron chi connectivity index (χ2n) is 2.44. The normalized spacial score (nSPS) is 35.8. The van der Waals surface area contributed by atoms with Crippen LogP contribution in [0.15, 0.2) is 0 Å². The van der Waals surface area contributed by atoms with Gasteiger partial charge in [-0.25, -0.2) is 13.6 Å². The molecule has 4 nitrogen and oxygen atoms in total. The van der Waals surface area contributed by atoms with Crippen LogP contribution in [0.25, 0.3) is 0 Å². The van der Waals surface area contributed by atoms with Crippen LogP contribution < -0.4 is 10.9 Å². The molecule has 4 N–H and O–H groups in total. The van der Waals surface area contributed by atoms with Gasteiger partial charge in [-0.15, -0.1) is 0 Å². The van der Waals surface area contributed by atoms with Crippen LogP contribution in [0.1, 0.15) is 12.8 Å². The van der Waals surface area contributed by atoms with E-state index in [1.165, 1.54) is 0 Å². The van der Waals surface area contributed by atoms with Crippen molar-refractivity contribution < 1.29 is 8.42 Å². The van der Waals surface area contributed by atoms with Gasteiger partial charge in [0.25, 0.3) is 0 Å². The Bertz CT molecular complexity index is 193. The van der Waals surface area contributed by atoms with Gasteiger partial charge < -0.3 is 5.73 Å². The van der Waals surface area contributed by atoms with Gasteiger partial charge >= 0.3 is 0 Å². The summed E-state index contributed by atoms with van der Waals surface area (Å²) in [6, 6.07) is 0.0494. The Balaban J connectivity index is 2.51. The third-order valence-electron chi connectivity index (χ3n) is 1.60. The summed E-state index contributed by atoms with van der Waals surface area (Å²) in [5.74, 6) is 0. The summed E-state index contributed by atoms with van der Waals surface area (Å²) < 4.78 is 21.0. The van der Waals surface area contributed by atoms with E-state index < -0.39 is 10.0 Å². The maximum atomic E-state index is 10.5. The van der Waals surface area contributed by atoms with Gasteiger partial charge in [-0.3, -0.25) is 0 Å². The number of rotatable bonds is 1. The molecule has 0 unspecified atom stereocenters. The van der Waals surface area contributed by atoms with Gasteiger partial charge in [0, 0.05) is 6.04 Å². The van der Waals surface area contributed by atoms with Crippen molar-refractivity contribution in [1.82, 2.24) is 0 Å². The highest BCUT2D eigenvalue weighted by Gasteiger charge is 2.34. The molecule has 0 atom stereocenters. The Kier molecular flexibility index (Phi) is 1.50. The minimum absolute atomic E-state index is 0.0494. The van der Waals surface area contributed by atoms with Crippen molar-refractivity contribution in [2.75, 3.05) is 0 Å². The van der Waals surface area contributed by atoms with Crippen molar-refractivity contribution in [3.63, 3.8) is 0 Å². The molecule has 54 valence electrons. The summed E-state index contributed by atoms with van der Waals surface area (Å²) in [4.78, 5) is 0. The van der Waals surface area contributed by atoms with E-state index in [1.54, 1.807) is 0 Å². The van der Waals surface area contributed by atoms with E-state index in [-0.39, 0.29) is 11.3 Å². The second-order valence-corrected chi connectivity index (χ2v) is 4.29. The van der Waals surface area contributed by atoms with Gasteiger partial charge in [0.15, 0.2) is 0 Å². The molecule has 0 aliphatic heterocycles. The third-order valence-corrected chi connectivity index (χ3v) is 2.91. The summed E-state index contributed by atoms with van der Waals surface area (Å²) in [6.07, 6.45) is 1.05. The Morgan fingerprint density at radius 1 is 1.33 bits per heavy atom. The molecule has 1 fully saturated rings. The Morgan fingerprint density at radius 2 is 1.78 bits per heavy atom. The molecule has 9 heavy (non-hydrogen) atoms. The van der Waals surface area contributed by atoms with E-state index in [9.17, 15) is 8.42 Å². The van der Waals surface area contributed by atoms with Crippen LogP contribution in [-0.2, 0) is 10.0 Å². The standard InChI is InChI=1S/C4H10N2O2S/c5-3-1-4(2-3)9(6,7)8/h3-4H,1-2,5H2,(H2,6,7,8). The van der Waals surface area contributed by atoms with Gasteiger partial charge in [-0.1, -0.05) is 0 Å². The van der Waals surface area contributed by atoms with Gasteiger partial charge in [0.05, 0.1) is 5.25 Å². The molecule has 0 aromatic carbocycles. The van der Waals surface area contributed by atoms with Crippen LogP contribution in [0.3, 0.4) is 0 Å². The molecule has 0 bridgehead atoms. The fourth-order valence-electron chi connectivity index (χ4n) is 0.875. The van der Waals surface area contributed by atoms with E-state index in [4.69, 9.17) is 10.9 Å². The highest BCUT2D eigenvalue weighted by molar-refractivity contribution is 7.89. The molecule has 1 rings (SSSR count). The van der Waals surface area contributed by atoms with E-state index in [1.807, 2.05) is 0 Å². The molecular weight excluding hydrogens is 140 g/mol. The van der Waals surface area contributed by atoms with Gasteiger partial charge in [0.2, 0.25) is 10.0 Å². The molecule has 1 saturated carbocycles. The number of primary sulfonamides is 1. The third kappa shape index (κ3) is 1.41. The van der Waals surface area contributed by atoms with Crippen LogP contribution in [0.4, 0.5) is 0 Å². The first kappa shape index (κ1) is 6.98. The largest absolute Gasteiger partial charge is 0.328 e. The van der Waals surface area contributed by atoms with Crippen LogP contribution in [0.2, 0.25) is 0 Å². The molecule has 0 radical (unpaired) electrons. The predicted octanol–water partition coefficient (Wildman–Crippen LogP) is -1.24. The van der Waals surface area contributed by atoms with Crippen LogP contribution >= 0.6 is 0 Å². The number of hydrogen-bond acceptors (Lipinski definition) is 3. The SMILES string of the molecule is NC1CC(S(N)(=O)=O)C1. The average molecular weight is 150 g/mol. The second kappa shape index (κ2) is 1.93. The maximum absolute atomic E-state index is 10.5. The summed E-state index contributed by atoms with van der Waals surface area (Å²) >= 11 is 0. The zero-order valence-corrected chi connectivity index (χ0v) is 5.76. The van der Waals surface area contributed by atoms with Crippen molar-refractivity contribution >= 4 is 10.0 Å². The lowest BCUT2D eigenvalue weighted by Gasteiger charge is -2.29. The summed E-state index contributed by atoms with van der Waals surface area (Å²) in [6.45, 7) is 0. The molecule has 0 heterocycles. The molecular formula is C4H10N2O2S. The molecule has 1 aliphatic carbocycles. The zero-order valence-electron chi connectivity index (χ0n) is 4.95. The molecule has 1 aliphatic rings. The Hall–Kier alpha value is -0.130. The highest BCUT2D eigenvalue weighted by atomic mass is 32.2. The Morgan fingerprint density at radius 3 is 1.89 bits per heavy atom. The topological polar surface area (TPSA) is 86.2 Å². The van der Waals surface area contributed by atoms with Crippen molar-refractivity contribution in [1.29, 1.82) is 0 Å². The molecule has 0 spiro atoms. The predicted molar refractivity (Wildman–Crippen MR) is 34.1 cm³/mol. The molecule has 0 saturated heterocycles. The average Bonchev–Trinajstić information content (AvgIpc) is 1.55. The molecule has 5 heteroatoms. The lowest BCUT2D eigenvalue weighted by atomic mass is 9.94. The van der Waals surface area contributed by atoms with Crippen LogP contribution in [0, 0.1) is 0 Å². The number of sulfonamides is 1. The first-order valence-corrected chi connectivity index (χ1v) is 4.38. The summed E-state index contributed by atoms with van der Waals surface area (Å²) in [5, 5.41) is 4.45. The number of nitrogens with two attached hydrogens (primary N) is 2. The van der Waals surface area contributed by atoms with E-state index in [0.29, 0.717) is 12.8 Å². The minimum atomic E-state index is -3.28. The van der Waals surface area contributed by atoms with Crippen molar-refractivity contribution in [3.05, 3.63) is 0 Å². The zero-order chi connectivity index (χ0) is 7.07. The van der Waals surface area contributed by atoms with Gasteiger partial charge in [-0.05, 0) is 12.8 Å². The van der Waals surface area contributed by atoms with Gasteiger partial charge in [-0.2, -0.15) is 0 Å². The lowest BCUT2D eigenvalue weighted by molar-refractivity contribution is 0.409. The lowest BCUT2D eigenvalue weighted by Crippen LogP contribution is -2.47. The molecule has 0 amide bonds. The first-order valence-electron chi connectivity index (χ1n) is 2.77. The quantitative estimate of drug-likeness (QED) is 0.490. The number of hydrogen-bond donors (Lipinski definition) is 2. The van der Waals surface area contributed by atoms with E-state index in [2.05, 4.69) is 0 Å². The summed E-state index contributed by atoms with van der Waals surface area (Å²) in [7, 11) is -3.28. The molecule has 0 aromatic heterocycles.